The third-order valence-electron chi connectivity index (χ3n) is 2.08. The van der Waals surface area contributed by atoms with Crippen molar-refractivity contribution >= 4 is 11.9 Å². The molecule has 0 aromatic carbocycles. The van der Waals surface area contributed by atoms with Gasteiger partial charge in [-0.05, 0) is 27.7 Å². The lowest BCUT2D eigenvalue weighted by Crippen LogP contribution is -2.38. The van der Waals surface area contributed by atoms with E-state index in [1.54, 1.807) is 0 Å². The van der Waals surface area contributed by atoms with Crippen LogP contribution in [0.5, 0.6) is 0 Å². The van der Waals surface area contributed by atoms with Crippen molar-refractivity contribution in [2.75, 3.05) is 13.2 Å². The van der Waals surface area contributed by atoms with Crippen LogP contribution in [0.1, 0.15) is 27.7 Å². The number of ether oxygens (including phenoxy) is 1. The lowest BCUT2D eigenvalue weighted by atomic mass is 9.93. The van der Waals surface area contributed by atoms with E-state index in [9.17, 15) is 9.59 Å². The average Bonchev–Trinajstić information content (AvgIpc) is 2.17. The SMILES string of the molecule is CC(C)(CO)C(=O)OC(=O)C(C)(C)CO. The summed E-state index contributed by atoms with van der Waals surface area (Å²) in [5.74, 6) is -1.59. The van der Waals surface area contributed by atoms with Gasteiger partial charge in [0, 0.05) is 0 Å². The molecule has 0 fully saturated rings. The van der Waals surface area contributed by atoms with Crippen LogP contribution in [-0.2, 0) is 14.3 Å². The van der Waals surface area contributed by atoms with Crippen LogP contribution in [0, 0.1) is 10.8 Å². The van der Waals surface area contributed by atoms with Gasteiger partial charge in [-0.1, -0.05) is 0 Å². The predicted molar refractivity (Wildman–Crippen MR) is 52.8 cm³/mol. The van der Waals surface area contributed by atoms with Crippen LogP contribution in [0.15, 0.2) is 0 Å². The summed E-state index contributed by atoms with van der Waals surface area (Å²) in [6.45, 7) is 5.06. The largest absolute Gasteiger partial charge is 0.395 e. The Hall–Kier alpha value is -0.940. The first-order valence-corrected chi connectivity index (χ1v) is 4.66. The molecule has 88 valence electrons. The van der Waals surface area contributed by atoms with Gasteiger partial charge < -0.3 is 14.9 Å². The molecule has 5 heteroatoms. The lowest BCUT2D eigenvalue weighted by molar-refractivity contribution is -0.174. The number of carbonyl (C=O) groups is 2. The fraction of sp³-hybridized carbons (Fsp3) is 0.800. The van der Waals surface area contributed by atoms with E-state index in [1.165, 1.54) is 27.7 Å². The Kier molecular flexibility index (Phi) is 4.42. The highest BCUT2D eigenvalue weighted by Gasteiger charge is 2.36. The number of carbonyl (C=O) groups excluding carboxylic acids is 2. The van der Waals surface area contributed by atoms with Crippen molar-refractivity contribution in [1.82, 2.24) is 0 Å². The molecule has 0 saturated heterocycles. The number of aliphatic hydroxyl groups excluding tert-OH is 2. The topological polar surface area (TPSA) is 83.8 Å². The first kappa shape index (κ1) is 14.1. The molecule has 0 spiro atoms. The van der Waals surface area contributed by atoms with E-state index in [2.05, 4.69) is 4.74 Å². The summed E-state index contributed by atoms with van der Waals surface area (Å²) < 4.78 is 4.56. The van der Waals surface area contributed by atoms with Gasteiger partial charge >= 0.3 is 11.9 Å². The van der Waals surface area contributed by atoms with Crippen molar-refractivity contribution in [3.63, 3.8) is 0 Å². The van der Waals surface area contributed by atoms with E-state index < -0.39 is 36.0 Å². The third-order valence-corrected chi connectivity index (χ3v) is 2.08. The van der Waals surface area contributed by atoms with Crippen LogP contribution in [0.3, 0.4) is 0 Å². The number of hydrogen-bond donors (Lipinski definition) is 2. The summed E-state index contributed by atoms with van der Waals surface area (Å²) in [4.78, 5) is 22.8. The molecule has 0 heterocycles. The van der Waals surface area contributed by atoms with Crippen LogP contribution in [0.25, 0.3) is 0 Å². The Labute approximate surface area is 89.0 Å². The van der Waals surface area contributed by atoms with Crippen molar-refractivity contribution in [3.8, 4) is 0 Å². The van der Waals surface area contributed by atoms with Gasteiger partial charge in [0.05, 0.1) is 24.0 Å². The predicted octanol–water partition coefficient (Wildman–Crippen LogP) is 0.0932. The summed E-state index contributed by atoms with van der Waals surface area (Å²) in [7, 11) is 0. The Morgan fingerprint density at radius 3 is 1.40 bits per heavy atom. The van der Waals surface area contributed by atoms with E-state index in [4.69, 9.17) is 10.2 Å². The molecule has 0 saturated carbocycles. The molecule has 0 rings (SSSR count). The molecule has 0 radical (unpaired) electrons. The maximum absolute atomic E-state index is 11.4. The maximum Gasteiger partial charge on any atom is 0.321 e. The van der Waals surface area contributed by atoms with Crippen molar-refractivity contribution in [3.05, 3.63) is 0 Å². The van der Waals surface area contributed by atoms with E-state index in [1.807, 2.05) is 0 Å². The van der Waals surface area contributed by atoms with Crippen molar-refractivity contribution in [1.29, 1.82) is 0 Å². The Bertz CT molecular complexity index is 229. The van der Waals surface area contributed by atoms with Crippen molar-refractivity contribution in [2.24, 2.45) is 10.8 Å². The van der Waals surface area contributed by atoms with Gasteiger partial charge in [-0.2, -0.15) is 0 Å². The molecule has 0 atom stereocenters. The molecule has 2 N–H and O–H groups in total. The second kappa shape index (κ2) is 4.72. The standard InChI is InChI=1S/C10H18O5/c1-9(2,5-11)7(13)15-8(14)10(3,4)6-12/h11-12H,5-6H2,1-4H3. The molecule has 0 aromatic heterocycles. The summed E-state index contributed by atoms with van der Waals surface area (Å²) in [6.07, 6.45) is 0. The first-order valence-electron chi connectivity index (χ1n) is 4.66. The Morgan fingerprint density at radius 2 is 1.20 bits per heavy atom. The van der Waals surface area contributed by atoms with Gasteiger partial charge in [0.1, 0.15) is 0 Å². The van der Waals surface area contributed by atoms with Gasteiger partial charge in [0.2, 0.25) is 0 Å². The molecule has 0 unspecified atom stereocenters. The lowest BCUT2D eigenvalue weighted by Gasteiger charge is -2.23. The number of aliphatic hydroxyl groups is 2. The molecule has 5 nitrogen and oxygen atoms in total. The summed E-state index contributed by atoms with van der Waals surface area (Å²) in [5.41, 5.74) is -2.22. The van der Waals surface area contributed by atoms with Crippen LogP contribution < -0.4 is 0 Å². The zero-order chi connectivity index (χ0) is 12.3. The Balaban J connectivity index is 4.51. The summed E-state index contributed by atoms with van der Waals surface area (Å²) >= 11 is 0. The highest BCUT2D eigenvalue weighted by Crippen LogP contribution is 2.21. The molecular formula is C10H18O5. The van der Waals surface area contributed by atoms with Gasteiger partial charge in [0.15, 0.2) is 0 Å². The van der Waals surface area contributed by atoms with Gasteiger partial charge in [-0.3, -0.25) is 9.59 Å². The van der Waals surface area contributed by atoms with Crippen LogP contribution in [-0.4, -0.2) is 35.4 Å². The Morgan fingerprint density at radius 1 is 0.933 bits per heavy atom. The second-order valence-electron chi connectivity index (χ2n) is 4.76. The number of esters is 2. The molecule has 0 aliphatic rings. The van der Waals surface area contributed by atoms with Gasteiger partial charge in [-0.25, -0.2) is 0 Å². The van der Waals surface area contributed by atoms with Crippen LogP contribution in [0.2, 0.25) is 0 Å². The molecule has 0 bridgehead atoms. The van der Waals surface area contributed by atoms with Gasteiger partial charge in [-0.15, -0.1) is 0 Å². The minimum Gasteiger partial charge on any atom is -0.395 e. The minimum atomic E-state index is -1.11. The molecule has 0 aliphatic heterocycles. The molecule has 0 aliphatic carbocycles. The van der Waals surface area contributed by atoms with Crippen LogP contribution in [0.4, 0.5) is 0 Å². The average molecular weight is 218 g/mol. The van der Waals surface area contributed by atoms with E-state index in [0.29, 0.717) is 0 Å². The molecule has 0 aromatic rings. The van der Waals surface area contributed by atoms with Crippen LogP contribution >= 0.6 is 0 Å². The number of rotatable bonds is 4. The van der Waals surface area contributed by atoms with Crippen molar-refractivity contribution in [2.45, 2.75) is 27.7 Å². The maximum atomic E-state index is 11.4. The van der Waals surface area contributed by atoms with E-state index >= 15 is 0 Å². The molecular weight excluding hydrogens is 200 g/mol. The third kappa shape index (κ3) is 3.60. The quantitative estimate of drug-likeness (QED) is 0.516. The summed E-state index contributed by atoms with van der Waals surface area (Å²) in [5, 5.41) is 17.8. The zero-order valence-corrected chi connectivity index (χ0v) is 9.53. The number of hydrogen-bond acceptors (Lipinski definition) is 5. The molecule has 15 heavy (non-hydrogen) atoms. The van der Waals surface area contributed by atoms with E-state index in [-0.39, 0.29) is 0 Å². The van der Waals surface area contributed by atoms with Gasteiger partial charge in [0.25, 0.3) is 0 Å². The smallest absolute Gasteiger partial charge is 0.321 e. The highest BCUT2D eigenvalue weighted by atomic mass is 16.6. The fourth-order valence-corrected chi connectivity index (χ4v) is 0.490. The minimum absolute atomic E-state index is 0.404. The normalized spacial score (nSPS) is 12.4. The highest BCUT2D eigenvalue weighted by molar-refractivity contribution is 5.90. The second-order valence-corrected chi connectivity index (χ2v) is 4.76. The molecule has 0 amide bonds. The summed E-state index contributed by atoms with van der Waals surface area (Å²) in [6, 6.07) is 0. The first-order chi connectivity index (χ1) is 6.67. The van der Waals surface area contributed by atoms with Crippen molar-refractivity contribution < 1.29 is 24.5 Å². The fourth-order valence-electron chi connectivity index (χ4n) is 0.490. The zero-order valence-electron chi connectivity index (χ0n) is 9.53. The monoisotopic (exact) mass is 218 g/mol. The van der Waals surface area contributed by atoms with E-state index in [0.717, 1.165) is 0 Å².